The summed E-state index contributed by atoms with van der Waals surface area (Å²) in [5, 5.41) is 10.9. The predicted octanol–water partition coefficient (Wildman–Crippen LogP) is 1.66. The summed E-state index contributed by atoms with van der Waals surface area (Å²) in [5.41, 5.74) is 4.01. The van der Waals surface area contributed by atoms with Gasteiger partial charge in [-0.05, 0) is 43.5 Å². The van der Waals surface area contributed by atoms with Gasteiger partial charge in [0.25, 0.3) is 0 Å². The topological polar surface area (TPSA) is 56.8 Å². The van der Waals surface area contributed by atoms with Gasteiger partial charge in [-0.1, -0.05) is 0 Å². The van der Waals surface area contributed by atoms with Gasteiger partial charge in [0.15, 0.2) is 0 Å². The van der Waals surface area contributed by atoms with Gasteiger partial charge in [0.1, 0.15) is 0 Å². The summed E-state index contributed by atoms with van der Waals surface area (Å²) in [5.74, 6) is 0. The molecular weight excluding hydrogens is 262 g/mol. The number of aromatic nitrogens is 3. The molecule has 1 spiro atoms. The Morgan fingerprint density at radius 1 is 1.29 bits per heavy atom. The number of aromatic amines is 1. The van der Waals surface area contributed by atoms with Crippen molar-refractivity contribution < 1.29 is 0 Å². The molecular formula is C16H21N5. The molecule has 2 aliphatic rings. The molecule has 2 fully saturated rings. The van der Waals surface area contributed by atoms with E-state index in [1.165, 1.54) is 44.6 Å². The predicted molar refractivity (Wildman–Crippen MR) is 81.6 cm³/mol. The lowest BCUT2D eigenvalue weighted by atomic mass is 9.86. The van der Waals surface area contributed by atoms with Crippen LogP contribution in [-0.4, -0.2) is 46.3 Å². The third-order valence-corrected chi connectivity index (χ3v) is 4.91. The van der Waals surface area contributed by atoms with Crippen LogP contribution in [0.25, 0.3) is 11.3 Å². The Balaban J connectivity index is 1.50. The molecule has 2 saturated heterocycles. The number of pyridine rings is 1. The summed E-state index contributed by atoms with van der Waals surface area (Å²) >= 11 is 0. The summed E-state index contributed by atoms with van der Waals surface area (Å²) < 4.78 is 0. The minimum absolute atomic E-state index is 0.526. The van der Waals surface area contributed by atoms with Crippen LogP contribution in [0.15, 0.2) is 30.7 Å². The lowest BCUT2D eigenvalue weighted by Gasteiger charge is -2.22. The lowest BCUT2D eigenvalue weighted by Crippen LogP contribution is -2.28. The van der Waals surface area contributed by atoms with E-state index >= 15 is 0 Å². The molecule has 4 rings (SSSR count). The molecule has 0 bridgehead atoms. The summed E-state index contributed by atoms with van der Waals surface area (Å²) in [6, 6.07) is 4.05. The maximum Gasteiger partial charge on any atom is 0.0710 e. The van der Waals surface area contributed by atoms with E-state index in [2.05, 4.69) is 31.5 Å². The highest BCUT2D eigenvalue weighted by atomic mass is 15.2. The molecule has 1 unspecified atom stereocenters. The molecule has 5 heteroatoms. The number of nitrogens with one attached hydrogen (secondary N) is 2. The summed E-state index contributed by atoms with van der Waals surface area (Å²) in [6.07, 6.45) is 8.30. The van der Waals surface area contributed by atoms with E-state index in [1.54, 1.807) is 6.20 Å². The minimum Gasteiger partial charge on any atom is -0.316 e. The maximum atomic E-state index is 4.24. The SMILES string of the molecule is c1cncc(-c2[nH]ncc2CN2CCC3(CCNC3)C2)c1. The van der Waals surface area contributed by atoms with Crippen molar-refractivity contribution in [2.24, 2.45) is 5.41 Å². The molecule has 2 aromatic heterocycles. The van der Waals surface area contributed by atoms with Gasteiger partial charge in [0, 0.05) is 43.2 Å². The first-order chi connectivity index (χ1) is 10.3. The Kier molecular flexibility index (Phi) is 3.24. The van der Waals surface area contributed by atoms with E-state index in [0.29, 0.717) is 5.41 Å². The van der Waals surface area contributed by atoms with Crippen LogP contribution >= 0.6 is 0 Å². The van der Waals surface area contributed by atoms with E-state index in [1.807, 2.05) is 18.5 Å². The zero-order valence-corrected chi connectivity index (χ0v) is 12.2. The van der Waals surface area contributed by atoms with Crippen LogP contribution in [0.3, 0.4) is 0 Å². The molecule has 5 nitrogen and oxygen atoms in total. The van der Waals surface area contributed by atoms with Gasteiger partial charge in [-0.2, -0.15) is 5.10 Å². The van der Waals surface area contributed by atoms with Crippen molar-refractivity contribution >= 4 is 0 Å². The number of rotatable bonds is 3. The minimum atomic E-state index is 0.526. The van der Waals surface area contributed by atoms with Crippen molar-refractivity contribution in [2.45, 2.75) is 19.4 Å². The van der Waals surface area contributed by atoms with Crippen LogP contribution in [0.4, 0.5) is 0 Å². The number of likely N-dealkylation sites (tertiary alicyclic amines) is 1. The van der Waals surface area contributed by atoms with E-state index in [0.717, 1.165) is 17.8 Å². The molecule has 2 N–H and O–H groups in total. The number of H-pyrrole nitrogens is 1. The molecule has 0 saturated carbocycles. The Bertz CT molecular complexity index is 600. The molecule has 2 aliphatic heterocycles. The van der Waals surface area contributed by atoms with Gasteiger partial charge in [-0.15, -0.1) is 0 Å². The Hall–Kier alpha value is -1.72. The second kappa shape index (κ2) is 5.24. The van der Waals surface area contributed by atoms with E-state index in [9.17, 15) is 0 Å². The van der Waals surface area contributed by atoms with Crippen molar-refractivity contribution in [3.8, 4) is 11.3 Å². The Labute approximate surface area is 124 Å². The first-order valence-electron chi connectivity index (χ1n) is 7.70. The molecule has 1 atom stereocenters. The third kappa shape index (κ3) is 2.47. The largest absolute Gasteiger partial charge is 0.316 e. The lowest BCUT2D eigenvalue weighted by molar-refractivity contribution is 0.269. The fourth-order valence-electron chi connectivity index (χ4n) is 3.74. The van der Waals surface area contributed by atoms with E-state index < -0.39 is 0 Å². The molecule has 0 aliphatic carbocycles. The first kappa shape index (κ1) is 13.0. The highest BCUT2D eigenvalue weighted by Crippen LogP contribution is 2.37. The average Bonchev–Trinajstić information content (AvgIpc) is 3.24. The molecule has 2 aromatic rings. The van der Waals surface area contributed by atoms with Gasteiger partial charge in [0.2, 0.25) is 0 Å². The first-order valence-corrected chi connectivity index (χ1v) is 7.70. The third-order valence-electron chi connectivity index (χ3n) is 4.91. The maximum absolute atomic E-state index is 4.24. The zero-order chi connectivity index (χ0) is 14.1. The average molecular weight is 283 g/mol. The van der Waals surface area contributed by atoms with Crippen molar-refractivity contribution in [1.29, 1.82) is 0 Å². The van der Waals surface area contributed by atoms with Crippen LogP contribution in [0.2, 0.25) is 0 Å². The van der Waals surface area contributed by atoms with Crippen LogP contribution in [0.5, 0.6) is 0 Å². The summed E-state index contributed by atoms with van der Waals surface area (Å²) in [7, 11) is 0. The van der Waals surface area contributed by atoms with Crippen molar-refractivity contribution in [3.63, 3.8) is 0 Å². The van der Waals surface area contributed by atoms with Crippen LogP contribution in [-0.2, 0) is 6.54 Å². The van der Waals surface area contributed by atoms with E-state index in [-0.39, 0.29) is 0 Å². The van der Waals surface area contributed by atoms with Crippen molar-refractivity contribution in [1.82, 2.24) is 25.4 Å². The van der Waals surface area contributed by atoms with Crippen LogP contribution in [0, 0.1) is 5.41 Å². The fraction of sp³-hybridized carbons (Fsp3) is 0.500. The van der Waals surface area contributed by atoms with Gasteiger partial charge in [0.05, 0.1) is 11.9 Å². The molecule has 0 amide bonds. The van der Waals surface area contributed by atoms with Crippen molar-refractivity contribution in [2.75, 3.05) is 26.2 Å². The highest BCUT2D eigenvalue weighted by Gasteiger charge is 2.40. The van der Waals surface area contributed by atoms with E-state index in [4.69, 9.17) is 0 Å². The Morgan fingerprint density at radius 3 is 3.10 bits per heavy atom. The van der Waals surface area contributed by atoms with Gasteiger partial charge in [-0.25, -0.2) is 0 Å². The van der Waals surface area contributed by atoms with Gasteiger partial charge in [-0.3, -0.25) is 15.0 Å². The molecule has 4 heterocycles. The number of hydrogen-bond donors (Lipinski definition) is 2. The monoisotopic (exact) mass is 283 g/mol. The van der Waals surface area contributed by atoms with Gasteiger partial charge < -0.3 is 5.32 Å². The van der Waals surface area contributed by atoms with Crippen molar-refractivity contribution in [3.05, 3.63) is 36.3 Å². The fourth-order valence-corrected chi connectivity index (χ4v) is 3.74. The smallest absolute Gasteiger partial charge is 0.0710 e. The molecule has 0 aromatic carbocycles. The number of nitrogens with zero attached hydrogens (tertiary/aromatic N) is 3. The van der Waals surface area contributed by atoms with Crippen LogP contribution < -0.4 is 5.32 Å². The molecule has 21 heavy (non-hydrogen) atoms. The normalized spacial score (nSPS) is 25.9. The summed E-state index contributed by atoms with van der Waals surface area (Å²) in [6.45, 7) is 5.74. The molecule has 0 radical (unpaired) electrons. The highest BCUT2D eigenvalue weighted by molar-refractivity contribution is 5.61. The van der Waals surface area contributed by atoms with Crippen LogP contribution in [0.1, 0.15) is 18.4 Å². The zero-order valence-electron chi connectivity index (χ0n) is 12.2. The Morgan fingerprint density at radius 2 is 2.29 bits per heavy atom. The van der Waals surface area contributed by atoms with Gasteiger partial charge >= 0.3 is 0 Å². The quantitative estimate of drug-likeness (QED) is 0.899. The summed E-state index contributed by atoms with van der Waals surface area (Å²) in [4.78, 5) is 6.77. The number of hydrogen-bond acceptors (Lipinski definition) is 4. The standard InChI is InChI=1S/C16H21N5/c1-2-13(8-17-5-1)15-14(9-19-20-15)10-21-7-4-16(12-21)3-6-18-11-16/h1-2,5,8-9,18H,3-4,6-7,10-12H2,(H,19,20). The molecule has 110 valence electrons. The second-order valence-electron chi connectivity index (χ2n) is 6.40. The second-order valence-corrected chi connectivity index (χ2v) is 6.40.